The van der Waals surface area contributed by atoms with Crippen molar-refractivity contribution in [2.45, 2.75) is 56.7 Å². The maximum absolute atomic E-state index is 3.90. The van der Waals surface area contributed by atoms with Gasteiger partial charge >= 0.3 is 0 Å². The fourth-order valence-electron chi connectivity index (χ4n) is 3.10. The molecular weight excluding hydrogens is 284 g/mol. The normalized spacial score (nSPS) is 28.6. The zero-order valence-corrected chi connectivity index (χ0v) is 13.2. The third kappa shape index (κ3) is 3.85. The van der Waals surface area contributed by atoms with E-state index in [1.807, 2.05) is 0 Å². The minimum absolute atomic E-state index is 0.746. The van der Waals surface area contributed by atoms with E-state index in [1.165, 1.54) is 32.1 Å². The zero-order valence-electron chi connectivity index (χ0n) is 11.6. The molecule has 0 nitrogen and oxygen atoms in total. The maximum atomic E-state index is 3.90. The van der Waals surface area contributed by atoms with Crippen molar-refractivity contribution in [3.63, 3.8) is 0 Å². The first kappa shape index (κ1) is 14.1. The average molecular weight is 309 g/mol. The van der Waals surface area contributed by atoms with Crippen LogP contribution < -0.4 is 0 Å². The molecule has 0 saturated heterocycles. The van der Waals surface area contributed by atoms with E-state index in [2.05, 4.69) is 60.1 Å². The van der Waals surface area contributed by atoms with Gasteiger partial charge in [-0.3, -0.25) is 0 Å². The number of hydrogen-bond acceptors (Lipinski definition) is 0. The van der Waals surface area contributed by atoms with E-state index in [1.54, 1.807) is 5.56 Å². The van der Waals surface area contributed by atoms with Crippen molar-refractivity contribution in [3.8, 4) is 0 Å². The lowest BCUT2D eigenvalue weighted by molar-refractivity contribution is 0.302. The van der Waals surface area contributed by atoms with Crippen LogP contribution in [0.15, 0.2) is 30.3 Å². The lowest BCUT2D eigenvalue weighted by atomic mass is 9.76. The van der Waals surface area contributed by atoms with Gasteiger partial charge in [0.2, 0.25) is 0 Å². The molecule has 0 aromatic heterocycles. The summed E-state index contributed by atoms with van der Waals surface area (Å²) in [7, 11) is 0. The Bertz CT molecular complexity index is 344. The van der Waals surface area contributed by atoms with Crippen LogP contribution in [0.2, 0.25) is 0 Å². The molecule has 100 valence electrons. The summed E-state index contributed by atoms with van der Waals surface area (Å²) >= 11 is 3.90. The van der Waals surface area contributed by atoms with E-state index in [9.17, 15) is 0 Å². The molecule has 0 aliphatic heterocycles. The Hall–Kier alpha value is -0.300. The van der Waals surface area contributed by atoms with Crippen LogP contribution in [0, 0.1) is 11.8 Å². The molecule has 1 aromatic rings. The third-order valence-corrected chi connectivity index (χ3v) is 5.48. The molecule has 0 amide bonds. The lowest BCUT2D eigenvalue weighted by Crippen LogP contribution is -2.24. The van der Waals surface area contributed by atoms with Crippen LogP contribution in [-0.4, -0.2) is 4.83 Å². The maximum Gasteiger partial charge on any atom is 0.0174 e. The number of rotatable bonds is 4. The van der Waals surface area contributed by atoms with Crippen LogP contribution in [0.1, 0.15) is 57.4 Å². The third-order valence-electron chi connectivity index (χ3n) is 4.28. The summed E-state index contributed by atoms with van der Waals surface area (Å²) in [6, 6.07) is 11.1. The molecule has 2 rings (SSSR count). The molecule has 1 aromatic carbocycles. The van der Waals surface area contributed by atoms with Crippen molar-refractivity contribution in [2.75, 3.05) is 0 Å². The largest absolute Gasteiger partial charge is 0.0888 e. The Kier molecular flexibility index (Phi) is 5.29. The molecule has 3 unspecified atom stereocenters. The standard InChI is InChI=1S/C17H25Br/c1-13(2)8-9-16-12-15(10-11-17(16)18)14-6-4-3-5-7-14/h3-7,13,15-17H,8-12H2,1-2H3. The second kappa shape index (κ2) is 6.75. The summed E-state index contributed by atoms with van der Waals surface area (Å²) in [6.07, 6.45) is 6.80. The van der Waals surface area contributed by atoms with Crippen LogP contribution in [0.3, 0.4) is 0 Å². The number of hydrogen-bond donors (Lipinski definition) is 0. The Morgan fingerprint density at radius 3 is 2.56 bits per heavy atom. The van der Waals surface area contributed by atoms with E-state index >= 15 is 0 Å². The van der Waals surface area contributed by atoms with Gasteiger partial charge in [-0.15, -0.1) is 0 Å². The SMILES string of the molecule is CC(C)CCC1CC(c2ccccc2)CCC1Br. The highest BCUT2D eigenvalue weighted by Crippen LogP contribution is 2.41. The molecule has 0 spiro atoms. The second-order valence-corrected chi connectivity index (χ2v) is 7.34. The Morgan fingerprint density at radius 2 is 1.89 bits per heavy atom. The van der Waals surface area contributed by atoms with E-state index in [0.717, 1.165) is 22.6 Å². The van der Waals surface area contributed by atoms with Gasteiger partial charge < -0.3 is 0 Å². The van der Waals surface area contributed by atoms with E-state index < -0.39 is 0 Å². The monoisotopic (exact) mass is 308 g/mol. The van der Waals surface area contributed by atoms with Gasteiger partial charge in [0.15, 0.2) is 0 Å². The summed E-state index contributed by atoms with van der Waals surface area (Å²) in [4.78, 5) is 0.746. The first-order valence-corrected chi connectivity index (χ1v) is 8.27. The smallest absolute Gasteiger partial charge is 0.0174 e. The van der Waals surface area contributed by atoms with Crippen molar-refractivity contribution in [1.82, 2.24) is 0 Å². The predicted octanol–water partition coefficient (Wildman–Crippen LogP) is 5.77. The van der Waals surface area contributed by atoms with Gasteiger partial charge in [-0.25, -0.2) is 0 Å². The molecule has 1 aliphatic rings. The van der Waals surface area contributed by atoms with Crippen LogP contribution in [0.5, 0.6) is 0 Å². The lowest BCUT2D eigenvalue weighted by Gasteiger charge is -2.34. The zero-order chi connectivity index (χ0) is 13.0. The summed E-state index contributed by atoms with van der Waals surface area (Å²) in [5.41, 5.74) is 1.55. The van der Waals surface area contributed by atoms with Gasteiger partial charge in [-0.2, -0.15) is 0 Å². The fourth-order valence-corrected chi connectivity index (χ4v) is 3.85. The van der Waals surface area contributed by atoms with Crippen molar-refractivity contribution >= 4 is 15.9 Å². The molecule has 0 radical (unpaired) electrons. The number of halogens is 1. The molecule has 0 N–H and O–H groups in total. The van der Waals surface area contributed by atoms with E-state index in [-0.39, 0.29) is 0 Å². The number of alkyl halides is 1. The molecule has 0 heterocycles. The summed E-state index contributed by atoms with van der Waals surface area (Å²) in [5, 5.41) is 0. The minimum Gasteiger partial charge on any atom is -0.0888 e. The topological polar surface area (TPSA) is 0 Å². The van der Waals surface area contributed by atoms with Crippen LogP contribution in [-0.2, 0) is 0 Å². The fraction of sp³-hybridized carbons (Fsp3) is 0.647. The van der Waals surface area contributed by atoms with Crippen LogP contribution >= 0.6 is 15.9 Å². The molecular formula is C17H25Br. The van der Waals surface area contributed by atoms with E-state index in [0.29, 0.717) is 0 Å². The molecule has 18 heavy (non-hydrogen) atoms. The Morgan fingerprint density at radius 1 is 1.17 bits per heavy atom. The molecule has 1 saturated carbocycles. The van der Waals surface area contributed by atoms with Crippen molar-refractivity contribution in [2.24, 2.45) is 11.8 Å². The first-order valence-electron chi connectivity index (χ1n) is 7.36. The number of benzene rings is 1. The molecule has 1 fully saturated rings. The van der Waals surface area contributed by atoms with Gasteiger partial charge in [-0.05, 0) is 49.0 Å². The molecule has 0 bridgehead atoms. The Labute approximate surface area is 120 Å². The van der Waals surface area contributed by atoms with Gasteiger partial charge in [0.1, 0.15) is 0 Å². The summed E-state index contributed by atoms with van der Waals surface area (Å²) < 4.78 is 0. The van der Waals surface area contributed by atoms with Crippen LogP contribution in [0.25, 0.3) is 0 Å². The summed E-state index contributed by atoms with van der Waals surface area (Å²) in [6.45, 7) is 4.67. The van der Waals surface area contributed by atoms with E-state index in [4.69, 9.17) is 0 Å². The summed E-state index contributed by atoms with van der Waals surface area (Å²) in [5.74, 6) is 2.49. The predicted molar refractivity (Wildman–Crippen MR) is 83.3 cm³/mol. The Balaban J connectivity index is 1.96. The quantitative estimate of drug-likeness (QED) is 0.619. The first-order chi connectivity index (χ1) is 8.66. The van der Waals surface area contributed by atoms with Gasteiger partial charge in [0.05, 0.1) is 0 Å². The molecule has 3 atom stereocenters. The average Bonchev–Trinajstić information content (AvgIpc) is 2.38. The van der Waals surface area contributed by atoms with Gasteiger partial charge in [-0.1, -0.05) is 66.5 Å². The van der Waals surface area contributed by atoms with Crippen molar-refractivity contribution < 1.29 is 0 Å². The highest BCUT2D eigenvalue weighted by atomic mass is 79.9. The van der Waals surface area contributed by atoms with Crippen molar-refractivity contribution in [1.29, 1.82) is 0 Å². The van der Waals surface area contributed by atoms with Crippen LogP contribution in [0.4, 0.5) is 0 Å². The van der Waals surface area contributed by atoms with Gasteiger partial charge in [0, 0.05) is 4.83 Å². The molecule has 1 heteroatoms. The molecule has 1 aliphatic carbocycles. The highest BCUT2D eigenvalue weighted by Gasteiger charge is 2.29. The second-order valence-electron chi connectivity index (χ2n) is 6.17. The highest BCUT2D eigenvalue weighted by molar-refractivity contribution is 9.09. The minimum atomic E-state index is 0.746. The van der Waals surface area contributed by atoms with Crippen molar-refractivity contribution in [3.05, 3.63) is 35.9 Å². The van der Waals surface area contributed by atoms with Gasteiger partial charge in [0.25, 0.3) is 0 Å².